The first kappa shape index (κ1) is 12.7. The van der Waals surface area contributed by atoms with E-state index in [2.05, 4.69) is 26.8 Å². The van der Waals surface area contributed by atoms with Crippen LogP contribution in [-0.2, 0) is 4.79 Å². The van der Waals surface area contributed by atoms with Crippen molar-refractivity contribution in [3.05, 3.63) is 11.6 Å². The largest absolute Gasteiger partial charge is 0.478 e. The van der Waals surface area contributed by atoms with Gasteiger partial charge in [-0.15, -0.1) is 0 Å². The Morgan fingerprint density at radius 3 is 2.47 bits per heavy atom. The van der Waals surface area contributed by atoms with Gasteiger partial charge < -0.3 is 5.11 Å². The van der Waals surface area contributed by atoms with Crippen LogP contribution in [0.1, 0.15) is 53.4 Å². The molecule has 0 saturated heterocycles. The van der Waals surface area contributed by atoms with Crippen LogP contribution in [0.2, 0.25) is 0 Å². The maximum Gasteiger partial charge on any atom is 0.331 e. The van der Waals surface area contributed by atoms with E-state index in [4.69, 9.17) is 0 Å². The lowest BCUT2D eigenvalue weighted by molar-refractivity contribution is -0.132. The van der Waals surface area contributed by atoms with Crippen LogP contribution in [0, 0.1) is 22.7 Å². The zero-order valence-corrected chi connectivity index (χ0v) is 11.4. The van der Waals surface area contributed by atoms with Gasteiger partial charge in [0, 0.05) is 5.57 Å². The average Bonchev–Trinajstić information content (AvgIpc) is 2.68. The summed E-state index contributed by atoms with van der Waals surface area (Å²) in [5.41, 5.74) is 1.20. The molecule has 1 N–H and O–H groups in total. The smallest absolute Gasteiger partial charge is 0.331 e. The molecule has 2 aliphatic carbocycles. The van der Waals surface area contributed by atoms with Crippen molar-refractivity contribution >= 4 is 5.97 Å². The quantitative estimate of drug-likeness (QED) is 0.755. The summed E-state index contributed by atoms with van der Waals surface area (Å²) in [6.07, 6.45) is 6.56. The third-order valence-corrected chi connectivity index (χ3v) is 5.40. The third kappa shape index (κ3) is 1.82. The van der Waals surface area contributed by atoms with E-state index >= 15 is 0 Å². The minimum absolute atomic E-state index is 0.267. The number of carboxylic acid groups (broad SMARTS) is 1. The second-order valence-corrected chi connectivity index (χ2v) is 6.74. The van der Waals surface area contributed by atoms with E-state index in [-0.39, 0.29) is 5.41 Å². The molecule has 0 aliphatic heterocycles. The van der Waals surface area contributed by atoms with Crippen LogP contribution in [0.15, 0.2) is 11.6 Å². The number of rotatable bonds is 3. The molecule has 0 aromatic rings. The van der Waals surface area contributed by atoms with Gasteiger partial charge >= 0.3 is 5.97 Å². The van der Waals surface area contributed by atoms with Gasteiger partial charge in [-0.2, -0.15) is 0 Å². The molecule has 3 atom stereocenters. The molecule has 0 radical (unpaired) electrons. The van der Waals surface area contributed by atoms with Crippen molar-refractivity contribution < 1.29 is 9.90 Å². The van der Waals surface area contributed by atoms with Crippen molar-refractivity contribution in [3.8, 4) is 0 Å². The molecule has 0 aromatic carbocycles. The van der Waals surface area contributed by atoms with Crippen LogP contribution in [0.3, 0.4) is 0 Å². The standard InChI is InChI=1S/C15H24O2/c1-5-10(13(16)17)8-12-14(2,3)11-6-7-15(12,4)9-11/h8,11-12H,5-7,9H2,1-4H3,(H,16,17). The molecule has 96 valence electrons. The van der Waals surface area contributed by atoms with Gasteiger partial charge in [0.2, 0.25) is 0 Å². The highest BCUT2D eigenvalue weighted by Crippen LogP contribution is 2.66. The monoisotopic (exact) mass is 236 g/mol. The fourth-order valence-corrected chi connectivity index (χ4v) is 4.30. The molecular formula is C15H24O2. The number of hydrogen-bond acceptors (Lipinski definition) is 1. The first-order valence-electron chi connectivity index (χ1n) is 6.75. The second-order valence-electron chi connectivity index (χ2n) is 6.74. The number of hydrogen-bond donors (Lipinski definition) is 1. The summed E-state index contributed by atoms with van der Waals surface area (Å²) in [6.45, 7) is 8.91. The number of fused-ring (bicyclic) bond motifs is 2. The second kappa shape index (κ2) is 3.86. The van der Waals surface area contributed by atoms with Crippen LogP contribution >= 0.6 is 0 Å². The van der Waals surface area contributed by atoms with Gasteiger partial charge in [-0.05, 0) is 48.3 Å². The van der Waals surface area contributed by atoms with E-state index in [1.807, 2.05) is 6.92 Å². The van der Waals surface area contributed by atoms with E-state index in [1.165, 1.54) is 19.3 Å². The van der Waals surface area contributed by atoms with Gasteiger partial charge in [0.1, 0.15) is 0 Å². The van der Waals surface area contributed by atoms with Crippen molar-refractivity contribution in [2.75, 3.05) is 0 Å². The Bertz CT molecular complexity index is 362. The summed E-state index contributed by atoms with van der Waals surface area (Å²) in [7, 11) is 0. The van der Waals surface area contributed by atoms with Crippen molar-refractivity contribution in [1.29, 1.82) is 0 Å². The Balaban J connectivity index is 2.35. The lowest BCUT2D eigenvalue weighted by Crippen LogP contribution is -2.34. The maximum atomic E-state index is 11.2. The maximum absolute atomic E-state index is 11.2. The molecule has 3 unspecified atom stereocenters. The molecular weight excluding hydrogens is 212 g/mol. The Hall–Kier alpha value is -0.790. The zero-order chi connectivity index (χ0) is 12.8. The highest BCUT2D eigenvalue weighted by molar-refractivity contribution is 5.86. The summed E-state index contributed by atoms with van der Waals surface area (Å²) in [6, 6.07) is 0. The Labute approximate surface area is 104 Å². The summed E-state index contributed by atoms with van der Waals surface area (Å²) in [5.74, 6) is 0.468. The topological polar surface area (TPSA) is 37.3 Å². The normalized spacial score (nSPS) is 39.6. The molecule has 0 aromatic heterocycles. The highest BCUT2D eigenvalue weighted by atomic mass is 16.4. The number of carboxylic acids is 1. The SMILES string of the molecule is CCC(=CC1C2(C)CCC(C2)C1(C)C)C(=O)O. The van der Waals surface area contributed by atoms with Crippen molar-refractivity contribution in [2.24, 2.45) is 22.7 Å². The van der Waals surface area contributed by atoms with Crippen LogP contribution in [0.5, 0.6) is 0 Å². The van der Waals surface area contributed by atoms with Crippen LogP contribution in [-0.4, -0.2) is 11.1 Å². The van der Waals surface area contributed by atoms with E-state index in [9.17, 15) is 9.90 Å². The summed E-state index contributed by atoms with van der Waals surface area (Å²) in [5, 5.41) is 9.19. The van der Waals surface area contributed by atoms with E-state index < -0.39 is 5.97 Å². The van der Waals surface area contributed by atoms with Gasteiger partial charge in [-0.25, -0.2) is 4.79 Å². The number of aliphatic carboxylic acids is 1. The van der Waals surface area contributed by atoms with Crippen LogP contribution in [0.4, 0.5) is 0 Å². The fourth-order valence-electron chi connectivity index (χ4n) is 4.30. The summed E-state index contributed by atoms with van der Waals surface area (Å²) >= 11 is 0. The lowest BCUT2D eigenvalue weighted by Gasteiger charge is -2.41. The van der Waals surface area contributed by atoms with E-state index in [0.29, 0.717) is 23.3 Å². The lowest BCUT2D eigenvalue weighted by atomic mass is 9.63. The average molecular weight is 236 g/mol. The molecule has 0 spiro atoms. The first-order chi connectivity index (χ1) is 7.81. The van der Waals surface area contributed by atoms with Gasteiger partial charge in [0.25, 0.3) is 0 Å². The van der Waals surface area contributed by atoms with Gasteiger partial charge in [0.05, 0.1) is 0 Å². The Morgan fingerprint density at radius 2 is 2.06 bits per heavy atom. The minimum Gasteiger partial charge on any atom is -0.478 e. The first-order valence-corrected chi connectivity index (χ1v) is 6.75. The molecule has 2 rings (SSSR count). The predicted octanol–water partition coefficient (Wildman–Crippen LogP) is 3.87. The van der Waals surface area contributed by atoms with E-state index in [1.54, 1.807) is 0 Å². The highest BCUT2D eigenvalue weighted by Gasteiger charge is 2.58. The number of carbonyl (C=O) groups is 1. The third-order valence-electron chi connectivity index (χ3n) is 5.40. The van der Waals surface area contributed by atoms with Crippen molar-refractivity contribution in [3.63, 3.8) is 0 Å². The molecule has 2 aliphatic rings. The van der Waals surface area contributed by atoms with E-state index in [0.717, 1.165) is 5.92 Å². The molecule has 17 heavy (non-hydrogen) atoms. The van der Waals surface area contributed by atoms with Crippen molar-refractivity contribution in [1.82, 2.24) is 0 Å². The molecule has 2 heteroatoms. The molecule has 0 amide bonds. The van der Waals surface area contributed by atoms with Gasteiger partial charge in [-0.3, -0.25) is 0 Å². The summed E-state index contributed by atoms with van der Waals surface area (Å²) in [4.78, 5) is 11.2. The minimum atomic E-state index is -0.741. The molecule has 2 saturated carbocycles. The molecule has 2 nitrogen and oxygen atoms in total. The molecule has 2 fully saturated rings. The van der Waals surface area contributed by atoms with Crippen LogP contribution < -0.4 is 0 Å². The van der Waals surface area contributed by atoms with Gasteiger partial charge in [-0.1, -0.05) is 33.8 Å². The molecule has 0 heterocycles. The fraction of sp³-hybridized carbons (Fsp3) is 0.800. The number of allylic oxidation sites excluding steroid dienone is 1. The Kier molecular flexibility index (Phi) is 2.87. The zero-order valence-electron chi connectivity index (χ0n) is 11.4. The summed E-state index contributed by atoms with van der Waals surface area (Å²) < 4.78 is 0. The van der Waals surface area contributed by atoms with Crippen molar-refractivity contribution in [2.45, 2.75) is 53.4 Å². The van der Waals surface area contributed by atoms with Gasteiger partial charge in [0.15, 0.2) is 0 Å². The predicted molar refractivity (Wildman–Crippen MR) is 68.7 cm³/mol. The Morgan fingerprint density at radius 1 is 1.41 bits per heavy atom. The molecule has 2 bridgehead atoms. The van der Waals surface area contributed by atoms with Crippen LogP contribution in [0.25, 0.3) is 0 Å².